The molecule has 0 unspecified atom stereocenters. The number of nitrogens with zero attached hydrogens (tertiary/aromatic N) is 1. The van der Waals surface area contributed by atoms with Crippen LogP contribution in [0.5, 0.6) is 0 Å². The molecule has 6 heteroatoms. The second-order valence-corrected chi connectivity index (χ2v) is 6.35. The third kappa shape index (κ3) is 2.42. The van der Waals surface area contributed by atoms with Gasteiger partial charge in [0.25, 0.3) is 0 Å². The molecule has 0 fully saturated rings. The highest BCUT2D eigenvalue weighted by molar-refractivity contribution is 7.13. The highest BCUT2D eigenvalue weighted by Gasteiger charge is 2.10. The van der Waals surface area contributed by atoms with Crippen molar-refractivity contribution in [3.05, 3.63) is 56.3 Å². The first kappa shape index (κ1) is 13.5. The lowest BCUT2D eigenvalue weighted by Gasteiger charge is -2.04. The van der Waals surface area contributed by atoms with Crippen LogP contribution < -0.4 is 0 Å². The summed E-state index contributed by atoms with van der Waals surface area (Å²) >= 11 is 13.4. The topological polar surface area (TPSA) is 42.2 Å². The first-order valence-electron chi connectivity index (χ1n) is 5.80. The van der Waals surface area contributed by atoms with Gasteiger partial charge in [0.15, 0.2) is 0 Å². The van der Waals surface area contributed by atoms with Crippen LogP contribution in [0.25, 0.3) is 10.9 Å². The Labute approximate surface area is 129 Å². The summed E-state index contributed by atoms with van der Waals surface area (Å²) in [4.78, 5) is 12.2. The van der Waals surface area contributed by atoms with Gasteiger partial charge in [0.1, 0.15) is 4.88 Å². The summed E-state index contributed by atoms with van der Waals surface area (Å²) in [5, 5.41) is 11.1. The lowest BCUT2D eigenvalue weighted by Crippen LogP contribution is -1.95. The van der Waals surface area contributed by atoms with Crippen LogP contribution >= 0.6 is 34.5 Å². The van der Waals surface area contributed by atoms with E-state index in [0.29, 0.717) is 21.5 Å². The Bertz CT molecular complexity index is 807. The van der Waals surface area contributed by atoms with Crippen LogP contribution in [0.2, 0.25) is 10.0 Å². The van der Waals surface area contributed by atoms with E-state index in [1.807, 2.05) is 29.0 Å². The van der Waals surface area contributed by atoms with E-state index in [0.717, 1.165) is 15.8 Å². The zero-order valence-electron chi connectivity index (χ0n) is 10.1. The zero-order chi connectivity index (χ0) is 14.3. The molecule has 0 spiro atoms. The summed E-state index contributed by atoms with van der Waals surface area (Å²) in [7, 11) is 0. The maximum atomic E-state index is 10.9. The predicted octanol–water partition coefficient (Wildman–Crippen LogP) is 4.76. The highest BCUT2D eigenvalue weighted by atomic mass is 35.5. The fourth-order valence-corrected chi connectivity index (χ4v) is 3.49. The fraction of sp³-hybridized carbons (Fsp3) is 0.0714. The standard InChI is InChI=1S/C14H9Cl2NO2S/c15-8-5-11(16)10-3-4-17(12(10)6-8)7-9-1-2-13(20-9)14(18)19/h1-6H,7H2,(H,18,19). The summed E-state index contributed by atoms with van der Waals surface area (Å²) in [5.74, 6) is -0.898. The van der Waals surface area contributed by atoms with Crippen molar-refractivity contribution in [3.8, 4) is 0 Å². The molecule has 3 rings (SSSR count). The molecule has 1 N–H and O–H groups in total. The van der Waals surface area contributed by atoms with Gasteiger partial charge in [0.05, 0.1) is 17.1 Å². The van der Waals surface area contributed by atoms with Crippen molar-refractivity contribution in [2.24, 2.45) is 0 Å². The van der Waals surface area contributed by atoms with Gasteiger partial charge in [-0.2, -0.15) is 0 Å². The first-order chi connectivity index (χ1) is 9.54. The number of thiophene rings is 1. The van der Waals surface area contributed by atoms with E-state index in [1.165, 1.54) is 11.3 Å². The minimum absolute atomic E-state index is 0.340. The van der Waals surface area contributed by atoms with Crippen LogP contribution in [-0.2, 0) is 6.54 Å². The molecule has 102 valence electrons. The molecule has 0 aliphatic heterocycles. The van der Waals surface area contributed by atoms with Gasteiger partial charge in [0, 0.05) is 21.5 Å². The van der Waals surface area contributed by atoms with Crippen LogP contribution in [-0.4, -0.2) is 15.6 Å². The number of fused-ring (bicyclic) bond motifs is 1. The Morgan fingerprint density at radius 1 is 1.25 bits per heavy atom. The molecular formula is C14H9Cl2NO2S. The first-order valence-corrected chi connectivity index (χ1v) is 7.38. The summed E-state index contributed by atoms with van der Waals surface area (Å²) < 4.78 is 2.00. The SMILES string of the molecule is O=C(O)c1ccc(Cn2ccc3c(Cl)cc(Cl)cc32)s1. The van der Waals surface area contributed by atoms with Gasteiger partial charge in [-0.15, -0.1) is 11.3 Å². The fourth-order valence-electron chi connectivity index (χ4n) is 2.10. The van der Waals surface area contributed by atoms with Crippen molar-refractivity contribution in [3.63, 3.8) is 0 Å². The van der Waals surface area contributed by atoms with Crippen LogP contribution in [0.3, 0.4) is 0 Å². The third-order valence-corrected chi connectivity index (χ3v) is 4.59. The number of halogens is 2. The van der Waals surface area contributed by atoms with Crippen molar-refractivity contribution in [2.45, 2.75) is 6.54 Å². The molecule has 20 heavy (non-hydrogen) atoms. The molecule has 3 aromatic rings. The second-order valence-electron chi connectivity index (χ2n) is 4.34. The number of aromatic nitrogens is 1. The van der Waals surface area contributed by atoms with Crippen LogP contribution in [0.4, 0.5) is 0 Å². The van der Waals surface area contributed by atoms with Gasteiger partial charge in [-0.1, -0.05) is 23.2 Å². The maximum Gasteiger partial charge on any atom is 0.345 e. The summed E-state index contributed by atoms with van der Waals surface area (Å²) in [6.07, 6.45) is 1.92. The van der Waals surface area contributed by atoms with Crippen LogP contribution in [0.1, 0.15) is 14.5 Å². The number of hydrogen-bond donors (Lipinski definition) is 1. The number of carboxylic acid groups (broad SMARTS) is 1. The minimum atomic E-state index is -0.898. The molecule has 0 atom stereocenters. The van der Waals surface area contributed by atoms with E-state index in [2.05, 4.69) is 0 Å². The van der Waals surface area contributed by atoms with Crippen molar-refractivity contribution < 1.29 is 9.90 Å². The van der Waals surface area contributed by atoms with Gasteiger partial charge >= 0.3 is 5.97 Å². The Morgan fingerprint density at radius 2 is 2.05 bits per heavy atom. The lowest BCUT2D eigenvalue weighted by molar-refractivity contribution is 0.0702. The molecule has 0 amide bonds. The number of rotatable bonds is 3. The lowest BCUT2D eigenvalue weighted by atomic mass is 10.2. The van der Waals surface area contributed by atoms with Crippen LogP contribution in [0.15, 0.2) is 36.5 Å². The smallest absolute Gasteiger partial charge is 0.345 e. The third-order valence-electron chi connectivity index (χ3n) is 3.00. The Balaban J connectivity index is 2.00. The monoisotopic (exact) mass is 325 g/mol. The number of carboxylic acids is 1. The maximum absolute atomic E-state index is 10.9. The van der Waals surface area contributed by atoms with Gasteiger partial charge < -0.3 is 9.67 Å². The Hall–Kier alpha value is -1.49. The van der Waals surface area contributed by atoms with Gasteiger partial charge in [-0.25, -0.2) is 4.79 Å². The summed E-state index contributed by atoms with van der Waals surface area (Å²) in [5.41, 5.74) is 0.938. The highest BCUT2D eigenvalue weighted by Crippen LogP contribution is 2.29. The zero-order valence-corrected chi connectivity index (χ0v) is 12.5. The number of benzene rings is 1. The Kier molecular flexibility index (Phi) is 3.46. The van der Waals surface area contributed by atoms with Crippen molar-refractivity contribution in [1.29, 1.82) is 0 Å². The van der Waals surface area contributed by atoms with E-state index in [4.69, 9.17) is 28.3 Å². The molecule has 2 heterocycles. The van der Waals surface area contributed by atoms with Gasteiger partial charge in [-0.05, 0) is 30.3 Å². The van der Waals surface area contributed by atoms with Crippen molar-refractivity contribution in [1.82, 2.24) is 4.57 Å². The number of hydrogen-bond acceptors (Lipinski definition) is 2. The molecule has 2 aromatic heterocycles. The predicted molar refractivity (Wildman–Crippen MR) is 82.3 cm³/mol. The molecule has 0 radical (unpaired) electrons. The van der Waals surface area contributed by atoms with E-state index in [-0.39, 0.29) is 0 Å². The molecule has 0 saturated heterocycles. The molecule has 3 nitrogen and oxygen atoms in total. The van der Waals surface area contributed by atoms with Crippen molar-refractivity contribution >= 4 is 51.4 Å². The van der Waals surface area contributed by atoms with Gasteiger partial charge in [0.2, 0.25) is 0 Å². The Morgan fingerprint density at radius 3 is 2.75 bits per heavy atom. The van der Waals surface area contributed by atoms with E-state index in [1.54, 1.807) is 12.1 Å². The van der Waals surface area contributed by atoms with E-state index < -0.39 is 5.97 Å². The molecule has 0 aliphatic rings. The van der Waals surface area contributed by atoms with Gasteiger partial charge in [-0.3, -0.25) is 0 Å². The van der Waals surface area contributed by atoms with Crippen molar-refractivity contribution in [2.75, 3.05) is 0 Å². The minimum Gasteiger partial charge on any atom is -0.477 e. The molecule has 0 aliphatic carbocycles. The molecule has 0 saturated carbocycles. The molecule has 0 bridgehead atoms. The average Bonchev–Trinajstić information content (AvgIpc) is 2.98. The second kappa shape index (κ2) is 5.13. The average molecular weight is 326 g/mol. The quantitative estimate of drug-likeness (QED) is 0.754. The summed E-state index contributed by atoms with van der Waals surface area (Å²) in [6, 6.07) is 8.94. The summed E-state index contributed by atoms with van der Waals surface area (Å²) in [6.45, 7) is 0.595. The molecular weight excluding hydrogens is 317 g/mol. The van der Waals surface area contributed by atoms with E-state index in [9.17, 15) is 4.79 Å². The van der Waals surface area contributed by atoms with Crippen LogP contribution in [0, 0.1) is 0 Å². The largest absolute Gasteiger partial charge is 0.477 e. The number of carbonyl (C=O) groups is 1. The molecule has 1 aromatic carbocycles. The van der Waals surface area contributed by atoms with E-state index >= 15 is 0 Å². The normalized spacial score (nSPS) is 11.1. The number of aromatic carboxylic acids is 1.